The summed E-state index contributed by atoms with van der Waals surface area (Å²) in [6.07, 6.45) is 1.93. The Morgan fingerprint density at radius 2 is 1.44 bits per heavy atom. The van der Waals surface area contributed by atoms with Crippen LogP contribution in [0, 0.1) is 0 Å². The number of hydrogen-bond donors (Lipinski definition) is 0. The van der Waals surface area contributed by atoms with Gasteiger partial charge in [-0.25, -0.2) is 0 Å². The van der Waals surface area contributed by atoms with Crippen molar-refractivity contribution in [3.8, 4) is 17.2 Å². The van der Waals surface area contributed by atoms with Gasteiger partial charge in [-0.2, -0.15) is 0 Å². The summed E-state index contributed by atoms with van der Waals surface area (Å²) >= 11 is 0. The molecular formula is C29H36N2O3. The van der Waals surface area contributed by atoms with E-state index in [1.165, 1.54) is 16.7 Å². The highest BCUT2D eigenvalue weighted by atomic mass is 16.5. The van der Waals surface area contributed by atoms with Crippen LogP contribution in [0.25, 0.3) is 0 Å². The normalized spacial score (nSPS) is 14.6. The molecule has 0 saturated carbocycles. The monoisotopic (exact) mass is 460 g/mol. The van der Waals surface area contributed by atoms with E-state index in [1.807, 2.05) is 12.1 Å². The zero-order chi connectivity index (χ0) is 23.6. The average molecular weight is 461 g/mol. The standard InChI is InChI=1S/C29H36N2O3/c1-32-27-14-13-26(29(22-27)33-2)23-31-18-16-30(17-19-31)15-8-20-34-28-12-7-6-11-25(28)21-24-9-4-3-5-10-24/h3-7,9-14,22H,8,15-21,23H2,1-2H3. The van der Waals surface area contributed by atoms with Crippen molar-refractivity contribution in [1.82, 2.24) is 9.80 Å². The van der Waals surface area contributed by atoms with E-state index in [0.717, 1.165) is 76.0 Å². The van der Waals surface area contributed by atoms with Crippen LogP contribution in [-0.2, 0) is 13.0 Å². The second kappa shape index (κ2) is 12.4. The van der Waals surface area contributed by atoms with Crippen molar-refractivity contribution in [3.63, 3.8) is 0 Å². The number of methoxy groups -OCH3 is 2. The van der Waals surface area contributed by atoms with Crippen molar-refractivity contribution in [1.29, 1.82) is 0 Å². The largest absolute Gasteiger partial charge is 0.497 e. The van der Waals surface area contributed by atoms with E-state index in [9.17, 15) is 0 Å². The summed E-state index contributed by atoms with van der Waals surface area (Å²) in [5, 5.41) is 0. The maximum absolute atomic E-state index is 6.18. The van der Waals surface area contributed by atoms with Crippen LogP contribution in [-0.4, -0.2) is 63.4 Å². The lowest BCUT2D eigenvalue weighted by molar-refractivity contribution is 0.120. The molecule has 1 aliphatic rings. The zero-order valence-corrected chi connectivity index (χ0v) is 20.4. The highest BCUT2D eigenvalue weighted by Gasteiger charge is 2.18. The van der Waals surface area contributed by atoms with Crippen LogP contribution in [0.4, 0.5) is 0 Å². The Morgan fingerprint density at radius 1 is 0.706 bits per heavy atom. The fourth-order valence-electron chi connectivity index (χ4n) is 4.47. The van der Waals surface area contributed by atoms with Crippen molar-refractivity contribution >= 4 is 0 Å². The second-order valence-electron chi connectivity index (χ2n) is 8.77. The first-order chi connectivity index (χ1) is 16.7. The van der Waals surface area contributed by atoms with E-state index in [-0.39, 0.29) is 0 Å². The summed E-state index contributed by atoms with van der Waals surface area (Å²) in [7, 11) is 3.40. The molecule has 180 valence electrons. The molecule has 1 saturated heterocycles. The average Bonchev–Trinajstić information content (AvgIpc) is 2.89. The van der Waals surface area contributed by atoms with Crippen LogP contribution >= 0.6 is 0 Å². The summed E-state index contributed by atoms with van der Waals surface area (Å²) in [6, 6.07) is 25.0. The lowest BCUT2D eigenvalue weighted by atomic mass is 10.0. The Bertz CT molecular complexity index is 1020. The minimum Gasteiger partial charge on any atom is -0.497 e. The van der Waals surface area contributed by atoms with Crippen LogP contribution in [0.3, 0.4) is 0 Å². The van der Waals surface area contributed by atoms with Crippen LogP contribution in [0.1, 0.15) is 23.1 Å². The number of ether oxygens (including phenoxy) is 3. The molecule has 4 rings (SSSR count). The third-order valence-electron chi connectivity index (χ3n) is 6.44. The maximum atomic E-state index is 6.18. The summed E-state index contributed by atoms with van der Waals surface area (Å²) in [5.74, 6) is 2.73. The maximum Gasteiger partial charge on any atom is 0.127 e. The quantitative estimate of drug-likeness (QED) is 0.381. The van der Waals surface area contributed by atoms with Crippen LogP contribution in [0.5, 0.6) is 17.2 Å². The predicted molar refractivity (Wildman–Crippen MR) is 137 cm³/mol. The molecule has 0 atom stereocenters. The molecule has 0 spiro atoms. The molecule has 1 aliphatic heterocycles. The lowest BCUT2D eigenvalue weighted by Crippen LogP contribution is -2.46. The van der Waals surface area contributed by atoms with Gasteiger partial charge in [0.1, 0.15) is 17.2 Å². The molecule has 0 radical (unpaired) electrons. The van der Waals surface area contributed by atoms with Gasteiger partial charge >= 0.3 is 0 Å². The van der Waals surface area contributed by atoms with Gasteiger partial charge in [0.2, 0.25) is 0 Å². The number of benzene rings is 3. The lowest BCUT2D eigenvalue weighted by Gasteiger charge is -2.35. The fraction of sp³-hybridized carbons (Fsp3) is 0.379. The predicted octanol–water partition coefficient (Wildman–Crippen LogP) is 4.88. The second-order valence-corrected chi connectivity index (χ2v) is 8.77. The molecule has 5 heteroatoms. The summed E-state index contributed by atoms with van der Waals surface area (Å²) in [6.45, 7) is 7.02. The van der Waals surface area contributed by atoms with E-state index in [0.29, 0.717) is 0 Å². The SMILES string of the molecule is COc1ccc(CN2CCN(CCCOc3ccccc3Cc3ccccc3)CC2)c(OC)c1. The summed E-state index contributed by atoms with van der Waals surface area (Å²) in [4.78, 5) is 5.04. The smallest absolute Gasteiger partial charge is 0.127 e. The molecule has 1 heterocycles. The third-order valence-corrected chi connectivity index (χ3v) is 6.44. The van der Waals surface area contributed by atoms with Gasteiger partial charge in [0.05, 0.1) is 20.8 Å². The van der Waals surface area contributed by atoms with Crippen molar-refractivity contribution in [3.05, 3.63) is 89.5 Å². The van der Waals surface area contributed by atoms with Gasteiger partial charge in [0.25, 0.3) is 0 Å². The zero-order valence-electron chi connectivity index (χ0n) is 20.4. The molecule has 34 heavy (non-hydrogen) atoms. The Morgan fingerprint density at radius 3 is 2.21 bits per heavy atom. The molecule has 0 amide bonds. The third kappa shape index (κ3) is 6.75. The van der Waals surface area contributed by atoms with Gasteiger partial charge in [-0.3, -0.25) is 4.90 Å². The number of para-hydroxylation sites is 1. The Labute approximate surface area is 203 Å². The summed E-state index contributed by atoms with van der Waals surface area (Å²) < 4.78 is 17.1. The topological polar surface area (TPSA) is 34.2 Å². The van der Waals surface area contributed by atoms with Gasteiger partial charge in [-0.1, -0.05) is 54.6 Å². The molecule has 3 aromatic rings. The first-order valence-electron chi connectivity index (χ1n) is 12.2. The molecule has 0 aliphatic carbocycles. The fourth-order valence-corrected chi connectivity index (χ4v) is 4.47. The van der Waals surface area contributed by atoms with Gasteiger partial charge in [-0.15, -0.1) is 0 Å². The minimum absolute atomic E-state index is 0.745. The van der Waals surface area contributed by atoms with Crippen LogP contribution in [0.2, 0.25) is 0 Å². The Kier molecular flexibility index (Phi) is 8.83. The Hall–Kier alpha value is -3.02. The molecule has 0 N–H and O–H groups in total. The Balaban J connectivity index is 1.19. The number of nitrogens with zero attached hydrogens (tertiary/aromatic N) is 2. The van der Waals surface area contributed by atoms with E-state index in [4.69, 9.17) is 14.2 Å². The molecule has 5 nitrogen and oxygen atoms in total. The van der Waals surface area contributed by atoms with Gasteiger partial charge in [-0.05, 0) is 29.7 Å². The van der Waals surface area contributed by atoms with Crippen molar-refractivity contribution in [2.45, 2.75) is 19.4 Å². The number of piperazine rings is 1. The van der Waals surface area contributed by atoms with Crippen LogP contribution < -0.4 is 14.2 Å². The number of rotatable bonds is 11. The molecule has 0 bridgehead atoms. The van der Waals surface area contributed by atoms with E-state index in [1.54, 1.807) is 14.2 Å². The molecule has 0 unspecified atom stereocenters. The first-order valence-corrected chi connectivity index (χ1v) is 12.2. The van der Waals surface area contributed by atoms with Gasteiger partial charge < -0.3 is 19.1 Å². The highest BCUT2D eigenvalue weighted by molar-refractivity contribution is 5.41. The summed E-state index contributed by atoms with van der Waals surface area (Å²) in [5.41, 5.74) is 3.76. The first kappa shape index (κ1) is 24.1. The molecule has 0 aromatic heterocycles. The van der Waals surface area contributed by atoms with Crippen molar-refractivity contribution < 1.29 is 14.2 Å². The molecule has 1 fully saturated rings. The van der Waals surface area contributed by atoms with Gasteiger partial charge in [0, 0.05) is 57.3 Å². The van der Waals surface area contributed by atoms with E-state index in [2.05, 4.69) is 70.5 Å². The van der Waals surface area contributed by atoms with E-state index >= 15 is 0 Å². The van der Waals surface area contributed by atoms with Crippen molar-refractivity contribution in [2.24, 2.45) is 0 Å². The van der Waals surface area contributed by atoms with Crippen LogP contribution in [0.15, 0.2) is 72.8 Å². The van der Waals surface area contributed by atoms with E-state index < -0.39 is 0 Å². The number of hydrogen-bond acceptors (Lipinski definition) is 5. The minimum atomic E-state index is 0.745. The molecular weight excluding hydrogens is 424 g/mol. The van der Waals surface area contributed by atoms with Gasteiger partial charge in [0.15, 0.2) is 0 Å². The highest BCUT2D eigenvalue weighted by Crippen LogP contribution is 2.26. The van der Waals surface area contributed by atoms with Crippen molar-refractivity contribution in [2.75, 3.05) is 53.6 Å². The molecule has 3 aromatic carbocycles.